The van der Waals surface area contributed by atoms with Gasteiger partial charge in [-0.15, -0.1) is 0 Å². The number of ether oxygens (including phenoxy) is 1. The third-order valence-corrected chi connectivity index (χ3v) is 3.07. The van der Waals surface area contributed by atoms with Gasteiger partial charge in [0.05, 0.1) is 0 Å². The monoisotopic (exact) mass is 279 g/mol. The van der Waals surface area contributed by atoms with Gasteiger partial charge in [0.15, 0.2) is 6.23 Å². The topological polar surface area (TPSA) is 49.8 Å². The molecule has 2 atom stereocenters. The summed E-state index contributed by atoms with van der Waals surface area (Å²) in [6.45, 7) is 2.22. The second-order valence-corrected chi connectivity index (χ2v) is 4.53. The van der Waals surface area contributed by atoms with E-state index >= 15 is 0 Å². The van der Waals surface area contributed by atoms with E-state index < -0.39 is 6.23 Å². The Morgan fingerprint density at radius 1 is 1.67 bits per heavy atom. The largest absolute Gasteiger partial charge is 0.445 e. The quantitative estimate of drug-likeness (QED) is 0.758. The molecule has 1 amide bonds. The van der Waals surface area contributed by atoms with Crippen molar-refractivity contribution in [2.24, 2.45) is 0 Å². The van der Waals surface area contributed by atoms with Crippen molar-refractivity contribution < 1.29 is 14.6 Å². The summed E-state index contributed by atoms with van der Waals surface area (Å²) in [4.78, 5) is 12.9. The number of hydrogen-bond donors (Lipinski definition) is 1. The molecule has 15 heavy (non-hydrogen) atoms. The standard InChI is InChI=1S/C10H18BrNO3/c1-2-3-4-8(5-6-11)12-9(13)7-15-10(12)14/h8-9,13H,2-7H2,1H3/t8-,9?/m0/s1. The van der Waals surface area contributed by atoms with Crippen LogP contribution in [0, 0.1) is 0 Å². The maximum atomic E-state index is 11.4. The molecule has 1 saturated heterocycles. The zero-order valence-corrected chi connectivity index (χ0v) is 10.6. The zero-order valence-electron chi connectivity index (χ0n) is 8.99. The molecule has 4 nitrogen and oxygen atoms in total. The molecular weight excluding hydrogens is 262 g/mol. The Bertz CT molecular complexity index is 213. The summed E-state index contributed by atoms with van der Waals surface area (Å²) in [5.41, 5.74) is 0. The van der Waals surface area contributed by atoms with E-state index in [2.05, 4.69) is 22.9 Å². The average molecular weight is 280 g/mol. The lowest BCUT2D eigenvalue weighted by atomic mass is 10.1. The maximum absolute atomic E-state index is 11.4. The smallest absolute Gasteiger partial charge is 0.412 e. The van der Waals surface area contributed by atoms with Gasteiger partial charge in [0.2, 0.25) is 0 Å². The summed E-state index contributed by atoms with van der Waals surface area (Å²) in [7, 11) is 0. The highest BCUT2D eigenvalue weighted by Crippen LogP contribution is 2.21. The van der Waals surface area contributed by atoms with Gasteiger partial charge >= 0.3 is 6.09 Å². The summed E-state index contributed by atoms with van der Waals surface area (Å²) in [6, 6.07) is 0.0920. The van der Waals surface area contributed by atoms with Gasteiger partial charge in [0, 0.05) is 11.4 Å². The number of aliphatic hydroxyl groups excluding tert-OH is 1. The van der Waals surface area contributed by atoms with E-state index in [1.165, 1.54) is 4.90 Å². The third-order valence-electron chi connectivity index (χ3n) is 2.61. The van der Waals surface area contributed by atoms with Crippen LogP contribution >= 0.6 is 15.9 Å². The number of halogens is 1. The van der Waals surface area contributed by atoms with Crippen molar-refractivity contribution in [1.29, 1.82) is 0 Å². The second-order valence-electron chi connectivity index (χ2n) is 3.74. The number of hydrogen-bond acceptors (Lipinski definition) is 3. The van der Waals surface area contributed by atoms with Gasteiger partial charge in [-0.25, -0.2) is 4.79 Å². The summed E-state index contributed by atoms with van der Waals surface area (Å²) in [5, 5.41) is 10.5. The fourth-order valence-electron chi connectivity index (χ4n) is 1.80. The number of rotatable bonds is 6. The molecule has 1 unspecified atom stereocenters. The van der Waals surface area contributed by atoms with Crippen molar-refractivity contribution >= 4 is 22.0 Å². The first-order valence-electron chi connectivity index (χ1n) is 5.39. The second kappa shape index (κ2) is 6.33. The molecule has 0 aromatic rings. The lowest BCUT2D eigenvalue weighted by Gasteiger charge is -2.27. The van der Waals surface area contributed by atoms with Gasteiger partial charge in [-0.1, -0.05) is 35.7 Å². The van der Waals surface area contributed by atoms with Crippen molar-refractivity contribution in [3.8, 4) is 0 Å². The van der Waals surface area contributed by atoms with Crippen LogP contribution in [0.4, 0.5) is 4.79 Å². The molecule has 0 bridgehead atoms. The first-order valence-corrected chi connectivity index (χ1v) is 6.52. The summed E-state index contributed by atoms with van der Waals surface area (Å²) in [5.74, 6) is 0. The normalized spacial score (nSPS) is 23.0. The molecule has 0 saturated carbocycles. The average Bonchev–Trinajstić information content (AvgIpc) is 2.54. The Labute approximate surface area is 98.7 Å². The van der Waals surface area contributed by atoms with Gasteiger partial charge in [0.1, 0.15) is 6.61 Å². The third kappa shape index (κ3) is 3.34. The van der Waals surface area contributed by atoms with Crippen molar-refractivity contribution in [1.82, 2.24) is 4.90 Å². The van der Waals surface area contributed by atoms with Crippen molar-refractivity contribution in [3.63, 3.8) is 0 Å². The highest BCUT2D eigenvalue weighted by atomic mass is 79.9. The van der Waals surface area contributed by atoms with E-state index in [9.17, 15) is 9.90 Å². The van der Waals surface area contributed by atoms with Crippen molar-refractivity contribution in [3.05, 3.63) is 0 Å². The van der Waals surface area contributed by atoms with Gasteiger partial charge in [-0.2, -0.15) is 0 Å². The molecule has 0 aromatic heterocycles. The molecule has 0 aromatic carbocycles. The lowest BCUT2D eigenvalue weighted by molar-refractivity contribution is 0.0316. The molecule has 1 fully saturated rings. The van der Waals surface area contributed by atoms with E-state index in [-0.39, 0.29) is 18.7 Å². The van der Waals surface area contributed by atoms with Crippen LogP contribution in [-0.4, -0.2) is 40.3 Å². The van der Waals surface area contributed by atoms with Crippen LogP contribution in [0.5, 0.6) is 0 Å². The summed E-state index contributed by atoms with van der Waals surface area (Å²) in [6.07, 6.45) is 2.79. The molecule has 1 N–H and O–H groups in total. The molecular formula is C10H18BrNO3. The van der Waals surface area contributed by atoms with Gasteiger partial charge in [-0.3, -0.25) is 4.90 Å². The van der Waals surface area contributed by atoms with Crippen LogP contribution in [-0.2, 0) is 4.74 Å². The maximum Gasteiger partial charge on any atom is 0.412 e. The summed E-state index contributed by atoms with van der Waals surface area (Å²) >= 11 is 3.37. The number of carbonyl (C=O) groups excluding carboxylic acids is 1. The van der Waals surface area contributed by atoms with E-state index in [0.29, 0.717) is 0 Å². The molecule has 1 rings (SSSR count). The van der Waals surface area contributed by atoms with Crippen molar-refractivity contribution in [2.45, 2.75) is 44.9 Å². The molecule has 5 heteroatoms. The molecule has 0 spiro atoms. The van der Waals surface area contributed by atoms with E-state index in [4.69, 9.17) is 4.74 Å². The molecule has 1 aliphatic rings. The van der Waals surface area contributed by atoms with E-state index in [0.717, 1.165) is 31.0 Å². The molecule has 0 radical (unpaired) electrons. The molecule has 1 heterocycles. The molecule has 88 valence electrons. The number of unbranched alkanes of at least 4 members (excludes halogenated alkanes) is 1. The van der Waals surface area contributed by atoms with Gasteiger partial charge in [0.25, 0.3) is 0 Å². The van der Waals surface area contributed by atoms with Gasteiger partial charge < -0.3 is 9.84 Å². The number of alkyl halides is 1. The Balaban J connectivity index is 2.56. The fraction of sp³-hybridized carbons (Fsp3) is 0.900. The van der Waals surface area contributed by atoms with Crippen LogP contribution in [0.25, 0.3) is 0 Å². The number of cyclic esters (lactones) is 1. The van der Waals surface area contributed by atoms with Gasteiger partial charge in [-0.05, 0) is 12.8 Å². The predicted molar refractivity (Wildman–Crippen MR) is 60.9 cm³/mol. The highest BCUT2D eigenvalue weighted by molar-refractivity contribution is 9.09. The highest BCUT2D eigenvalue weighted by Gasteiger charge is 2.36. The van der Waals surface area contributed by atoms with Crippen LogP contribution in [0.2, 0.25) is 0 Å². The zero-order chi connectivity index (χ0) is 11.3. The Morgan fingerprint density at radius 3 is 2.87 bits per heavy atom. The number of carbonyl (C=O) groups is 1. The summed E-state index contributed by atoms with van der Waals surface area (Å²) < 4.78 is 4.81. The minimum Gasteiger partial charge on any atom is -0.445 e. The van der Waals surface area contributed by atoms with E-state index in [1.807, 2.05) is 0 Å². The van der Waals surface area contributed by atoms with Crippen LogP contribution in [0.3, 0.4) is 0 Å². The predicted octanol–water partition coefficient (Wildman–Crippen LogP) is 2.10. The number of amides is 1. The van der Waals surface area contributed by atoms with Crippen molar-refractivity contribution in [2.75, 3.05) is 11.9 Å². The first-order chi connectivity index (χ1) is 7.20. The Morgan fingerprint density at radius 2 is 2.40 bits per heavy atom. The Kier molecular flexibility index (Phi) is 5.39. The Hall–Kier alpha value is -0.290. The SMILES string of the molecule is CCCC[C@@H](CCBr)N1C(=O)OCC1O. The number of aliphatic hydroxyl groups is 1. The van der Waals surface area contributed by atoms with Crippen LogP contribution in [0.1, 0.15) is 32.6 Å². The van der Waals surface area contributed by atoms with E-state index in [1.54, 1.807) is 0 Å². The lowest BCUT2D eigenvalue weighted by Crippen LogP contribution is -2.42. The van der Waals surface area contributed by atoms with Crippen LogP contribution in [0.15, 0.2) is 0 Å². The minimum atomic E-state index is -0.765. The fourth-order valence-corrected chi connectivity index (χ4v) is 2.33. The van der Waals surface area contributed by atoms with Crippen LogP contribution < -0.4 is 0 Å². The minimum absolute atomic E-state index is 0.0920. The molecule has 1 aliphatic heterocycles. The molecule has 0 aliphatic carbocycles. The number of nitrogens with zero attached hydrogens (tertiary/aromatic N) is 1. The first kappa shape index (κ1) is 12.8.